The topological polar surface area (TPSA) is 105 Å². The van der Waals surface area contributed by atoms with Crippen LogP contribution < -0.4 is 19.1 Å². The van der Waals surface area contributed by atoms with E-state index in [0.29, 0.717) is 24.7 Å². The maximum Gasteiger partial charge on any atom is 0.244 e. The largest absolute Gasteiger partial charge is 0.486 e. The number of hydrogen-bond donors (Lipinski definition) is 1. The maximum absolute atomic E-state index is 14.3. The molecule has 1 atom stereocenters. The molecule has 0 aliphatic carbocycles. The number of carbonyl (C=O) groups is 2. The summed E-state index contributed by atoms with van der Waals surface area (Å²) in [6.07, 6.45) is 0.246. The van der Waals surface area contributed by atoms with E-state index in [1.54, 1.807) is 18.2 Å². The third-order valence-corrected chi connectivity index (χ3v) is 9.10. The lowest BCUT2D eigenvalue weighted by molar-refractivity contribution is -0.140. The minimum absolute atomic E-state index is 0.0995. The third kappa shape index (κ3) is 8.73. The van der Waals surface area contributed by atoms with Crippen LogP contribution in [0.4, 0.5) is 5.69 Å². The summed E-state index contributed by atoms with van der Waals surface area (Å²) < 4.78 is 40.1. The standard InChI is InChI=1S/C32H38BrN3O6S/c1-5-43(39,40)36(26-15-16-28-29(20-26)42-18-17-41-28)22-30(37)35(21-24-11-13-25(33)14-12-24)27(31(38)34-32(2,3)4)19-23-9-7-6-8-10-23/h6-16,20,27H,5,17-19,21-22H2,1-4H3,(H,34,38)/t27-/m1/s1. The summed E-state index contributed by atoms with van der Waals surface area (Å²) >= 11 is 3.45. The Kier molecular flexibility index (Phi) is 10.4. The van der Waals surface area contributed by atoms with Crippen LogP contribution in [-0.4, -0.2) is 62.2 Å². The van der Waals surface area contributed by atoms with Crippen molar-refractivity contribution in [3.05, 3.63) is 88.4 Å². The molecule has 4 rings (SSSR count). The van der Waals surface area contributed by atoms with Crippen molar-refractivity contribution in [2.75, 3.05) is 29.8 Å². The van der Waals surface area contributed by atoms with Crippen molar-refractivity contribution in [2.24, 2.45) is 0 Å². The monoisotopic (exact) mass is 671 g/mol. The second kappa shape index (κ2) is 13.8. The molecular formula is C32H38BrN3O6S. The lowest BCUT2D eigenvalue weighted by atomic mass is 10.0. The first kappa shape index (κ1) is 32.3. The molecule has 11 heteroatoms. The fraction of sp³-hybridized carbons (Fsp3) is 0.375. The van der Waals surface area contributed by atoms with E-state index < -0.39 is 34.1 Å². The third-order valence-electron chi connectivity index (χ3n) is 6.83. The predicted molar refractivity (Wildman–Crippen MR) is 171 cm³/mol. The van der Waals surface area contributed by atoms with E-state index in [9.17, 15) is 18.0 Å². The van der Waals surface area contributed by atoms with E-state index in [-0.39, 0.29) is 30.3 Å². The van der Waals surface area contributed by atoms with Crippen LogP contribution in [0, 0.1) is 0 Å². The van der Waals surface area contributed by atoms with E-state index in [4.69, 9.17) is 9.47 Å². The summed E-state index contributed by atoms with van der Waals surface area (Å²) in [6.45, 7) is 7.49. The summed E-state index contributed by atoms with van der Waals surface area (Å²) in [7, 11) is -3.90. The molecule has 3 aromatic carbocycles. The number of nitrogens with one attached hydrogen (secondary N) is 1. The minimum atomic E-state index is -3.90. The van der Waals surface area contributed by atoms with Crippen molar-refractivity contribution < 1.29 is 27.5 Å². The quantitative estimate of drug-likeness (QED) is 0.310. The highest BCUT2D eigenvalue weighted by atomic mass is 79.9. The Balaban J connectivity index is 1.76. The molecule has 1 aliphatic rings. The van der Waals surface area contributed by atoms with Gasteiger partial charge in [0.25, 0.3) is 0 Å². The van der Waals surface area contributed by atoms with E-state index >= 15 is 0 Å². The molecule has 1 N–H and O–H groups in total. The fourth-order valence-electron chi connectivity index (χ4n) is 4.70. The van der Waals surface area contributed by atoms with Gasteiger partial charge in [-0.3, -0.25) is 13.9 Å². The highest BCUT2D eigenvalue weighted by Crippen LogP contribution is 2.35. The number of ether oxygens (including phenoxy) is 2. The van der Waals surface area contributed by atoms with Crippen molar-refractivity contribution in [1.29, 1.82) is 0 Å². The Labute approximate surface area is 262 Å². The molecule has 3 aromatic rings. The Morgan fingerprint density at radius 3 is 2.21 bits per heavy atom. The first-order valence-corrected chi connectivity index (χ1v) is 16.6. The van der Waals surface area contributed by atoms with Crippen LogP contribution in [0.15, 0.2) is 77.3 Å². The van der Waals surface area contributed by atoms with Crippen molar-refractivity contribution in [2.45, 2.75) is 52.2 Å². The van der Waals surface area contributed by atoms with Gasteiger partial charge in [-0.2, -0.15) is 0 Å². The Morgan fingerprint density at radius 1 is 0.930 bits per heavy atom. The van der Waals surface area contributed by atoms with E-state index in [2.05, 4.69) is 21.2 Å². The number of amides is 2. The number of hydrogen-bond acceptors (Lipinski definition) is 6. The maximum atomic E-state index is 14.3. The molecule has 43 heavy (non-hydrogen) atoms. The highest BCUT2D eigenvalue weighted by molar-refractivity contribution is 9.10. The van der Waals surface area contributed by atoms with Gasteiger partial charge in [-0.25, -0.2) is 8.42 Å². The zero-order valence-electron chi connectivity index (χ0n) is 24.9. The number of nitrogens with zero attached hydrogens (tertiary/aromatic N) is 2. The number of sulfonamides is 1. The van der Waals surface area contributed by atoms with Crippen molar-refractivity contribution in [3.63, 3.8) is 0 Å². The summed E-state index contributed by atoms with van der Waals surface area (Å²) in [4.78, 5) is 29.7. The molecule has 2 amide bonds. The molecule has 0 aromatic heterocycles. The molecule has 0 saturated heterocycles. The second-order valence-corrected chi connectivity index (χ2v) is 14.4. The summed E-state index contributed by atoms with van der Waals surface area (Å²) in [6, 6.07) is 20.8. The van der Waals surface area contributed by atoms with Gasteiger partial charge >= 0.3 is 0 Å². The Hall–Kier alpha value is -3.57. The molecule has 1 aliphatic heterocycles. The fourth-order valence-corrected chi connectivity index (χ4v) is 6.02. The molecule has 230 valence electrons. The molecule has 0 fully saturated rings. The van der Waals surface area contributed by atoms with Crippen LogP contribution in [0.5, 0.6) is 11.5 Å². The van der Waals surface area contributed by atoms with Crippen LogP contribution in [-0.2, 0) is 32.6 Å². The van der Waals surface area contributed by atoms with Crippen molar-refractivity contribution in [1.82, 2.24) is 10.2 Å². The van der Waals surface area contributed by atoms with Crippen LogP contribution in [0.2, 0.25) is 0 Å². The van der Waals surface area contributed by atoms with Crippen LogP contribution in [0.25, 0.3) is 0 Å². The normalized spacial score (nSPS) is 13.6. The van der Waals surface area contributed by atoms with Gasteiger partial charge in [-0.1, -0.05) is 58.4 Å². The SMILES string of the molecule is CCS(=O)(=O)N(CC(=O)N(Cc1ccc(Br)cc1)[C@H](Cc1ccccc1)C(=O)NC(C)(C)C)c1ccc2c(c1)OCCO2. The average Bonchev–Trinajstić information content (AvgIpc) is 2.97. The number of carbonyl (C=O) groups excluding carboxylic acids is 2. The average molecular weight is 673 g/mol. The van der Waals surface area contributed by atoms with Crippen LogP contribution in [0.1, 0.15) is 38.8 Å². The smallest absolute Gasteiger partial charge is 0.244 e. The first-order valence-electron chi connectivity index (χ1n) is 14.2. The van der Waals surface area contributed by atoms with Crippen molar-refractivity contribution >= 4 is 43.5 Å². The molecule has 0 spiro atoms. The van der Waals surface area contributed by atoms with Gasteiger partial charge in [0, 0.05) is 29.0 Å². The molecule has 0 bridgehead atoms. The summed E-state index contributed by atoms with van der Waals surface area (Å²) in [5.41, 5.74) is 1.39. The van der Waals surface area contributed by atoms with E-state index in [1.807, 2.05) is 75.4 Å². The van der Waals surface area contributed by atoms with Crippen LogP contribution in [0.3, 0.4) is 0 Å². The van der Waals surface area contributed by atoms with E-state index in [1.165, 1.54) is 11.8 Å². The Bertz CT molecular complexity index is 1520. The minimum Gasteiger partial charge on any atom is -0.486 e. The van der Waals surface area contributed by atoms with Gasteiger partial charge in [0.1, 0.15) is 25.8 Å². The molecular weight excluding hydrogens is 634 g/mol. The van der Waals surface area contributed by atoms with Gasteiger partial charge in [0.05, 0.1) is 11.4 Å². The molecule has 1 heterocycles. The van der Waals surface area contributed by atoms with Gasteiger partial charge in [-0.15, -0.1) is 0 Å². The lowest BCUT2D eigenvalue weighted by Gasteiger charge is -2.35. The summed E-state index contributed by atoms with van der Waals surface area (Å²) in [5, 5.41) is 3.03. The van der Waals surface area contributed by atoms with Crippen LogP contribution >= 0.6 is 15.9 Å². The first-order chi connectivity index (χ1) is 20.4. The van der Waals surface area contributed by atoms with Gasteiger partial charge in [0.15, 0.2) is 11.5 Å². The Morgan fingerprint density at radius 2 is 1.58 bits per heavy atom. The number of benzene rings is 3. The summed E-state index contributed by atoms with van der Waals surface area (Å²) in [5.74, 6) is -0.148. The number of rotatable bonds is 11. The zero-order chi connectivity index (χ0) is 31.2. The number of anilines is 1. The highest BCUT2D eigenvalue weighted by Gasteiger charge is 2.35. The lowest BCUT2D eigenvalue weighted by Crippen LogP contribution is -2.56. The molecule has 0 unspecified atom stereocenters. The van der Waals surface area contributed by atoms with Crippen molar-refractivity contribution in [3.8, 4) is 11.5 Å². The molecule has 9 nitrogen and oxygen atoms in total. The van der Waals surface area contributed by atoms with Gasteiger partial charge < -0.3 is 19.7 Å². The number of fused-ring (bicyclic) bond motifs is 1. The zero-order valence-corrected chi connectivity index (χ0v) is 27.3. The second-order valence-electron chi connectivity index (χ2n) is 11.3. The molecule has 0 saturated carbocycles. The van der Waals surface area contributed by atoms with E-state index in [0.717, 1.165) is 19.9 Å². The number of halogens is 1. The van der Waals surface area contributed by atoms with Gasteiger partial charge in [-0.05, 0) is 63.1 Å². The van der Waals surface area contributed by atoms with Gasteiger partial charge in [0.2, 0.25) is 21.8 Å². The molecule has 0 radical (unpaired) electrons. The predicted octanol–water partition coefficient (Wildman–Crippen LogP) is 4.93.